The van der Waals surface area contributed by atoms with E-state index in [9.17, 15) is 22.0 Å². The molecule has 5 heteroatoms. The Hall–Kier alpha value is -0.350. The fraction of sp³-hybridized carbons (Fsp3) is 1.00. The van der Waals surface area contributed by atoms with Crippen LogP contribution in [0.1, 0.15) is 106 Å². The van der Waals surface area contributed by atoms with Gasteiger partial charge in [0.15, 0.2) is 0 Å². The maximum atomic E-state index is 11.9. The molecule has 156 valence electrons. The average molecular weight is 377 g/mol. The molecule has 0 radical (unpaired) electrons. The first kappa shape index (κ1) is 29.4. The largest absolute Gasteiger partial charge is 0.248 e. The topological polar surface area (TPSA) is 0 Å². The SMILES string of the molecule is CC(F)(F)C1CC1.CCC(F)(F)CC.CCC(F)CC.CCCCC. The van der Waals surface area contributed by atoms with E-state index in [1.807, 2.05) is 13.8 Å². The third-order valence-corrected chi connectivity index (χ3v) is 3.92. The van der Waals surface area contributed by atoms with Gasteiger partial charge in [0.25, 0.3) is 0 Å². The number of alkyl halides is 5. The predicted octanol–water partition coefficient (Wildman–Crippen LogP) is 8.83. The van der Waals surface area contributed by atoms with E-state index < -0.39 is 18.0 Å². The van der Waals surface area contributed by atoms with Gasteiger partial charge >= 0.3 is 0 Å². The first-order chi connectivity index (χ1) is 11.4. The number of halogens is 5. The zero-order valence-electron chi connectivity index (χ0n) is 17.4. The standard InChI is InChI=1S/C5H8F2.C5H10F2.C5H11F.C5H12/c1-5(6,7)4-2-3-4;1-3-5(6,7)4-2;1-3-5(6)4-2;1-3-5-4-2/h4H,2-3H2,1H3;3-4H2,1-2H3;5H,3-4H2,1-2H3;3-5H2,1-2H3. The maximum Gasteiger partial charge on any atom is 0.248 e. The van der Waals surface area contributed by atoms with Crippen molar-refractivity contribution in [3.63, 3.8) is 0 Å². The second-order valence-electron chi connectivity index (χ2n) is 6.56. The van der Waals surface area contributed by atoms with E-state index in [1.165, 1.54) is 33.1 Å². The van der Waals surface area contributed by atoms with Crippen LogP contribution in [0.15, 0.2) is 0 Å². The van der Waals surface area contributed by atoms with E-state index in [4.69, 9.17) is 0 Å². The summed E-state index contributed by atoms with van der Waals surface area (Å²) in [6.07, 6.45) is 6.21. The van der Waals surface area contributed by atoms with Crippen LogP contribution in [0.5, 0.6) is 0 Å². The monoisotopic (exact) mass is 376 g/mol. The van der Waals surface area contributed by atoms with Crippen LogP contribution in [0.3, 0.4) is 0 Å². The second-order valence-corrected chi connectivity index (χ2v) is 6.56. The molecule has 0 saturated heterocycles. The number of hydrogen-bond acceptors (Lipinski definition) is 0. The summed E-state index contributed by atoms with van der Waals surface area (Å²) in [6.45, 7) is 12.1. The van der Waals surface area contributed by atoms with E-state index in [1.54, 1.807) is 0 Å². The van der Waals surface area contributed by atoms with Gasteiger partial charge in [-0.25, -0.2) is 22.0 Å². The van der Waals surface area contributed by atoms with Crippen molar-refractivity contribution < 1.29 is 22.0 Å². The minimum Gasteiger partial charge on any atom is -0.248 e. The summed E-state index contributed by atoms with van der Waals surface area (Å²) in [5, 5.41) is 0. The van der Waals surface area contributed by atoms with E-state index >= 15 is 0 Å². The van der Waals surface area contributed by atoms with Crippen LogP contribution in [0.2, 0.25) is 0 Å². The van der Waals surface area contributed by atoms with E-state index in [0.717, 1.165) is 19.8 Å². The molecule has 0 aliphatic heterocycles. The summed E-state index contributed by atoms with van der Waals surface area (Å²) in [5.74, 6) is -5.09. The molecule has 1 rings (SSSR count). The molecular formula is C20H41F5. The fourth-order valence-electron chi connectivity index (χ4n) is 1.48. The lowest BCUT2D eigenvalue weighted by Crippen LogP contribution is -2.11. The van der Waals surface area contributed by atoms with E-state index in [2.05, 4.69) is 13.8 Å². The highest BCUT2D eigenvalue weighted by atomic mass is 19.3. The lowest BCUT2D eigenvalue weighted by molar-refractivity contribution is -0.00655. The van der Waals surface area contributed by atoms with Crippen molar-refractivity contribution >= 4 is 0 Å². The number of rotatable bonds is 7. The van der Waals surface area contributed by atoms with Gasteiger partial charge in [0.1, 0.15) is 0 Å². The van der Waals surface area contributed by atoms with Crippen LogP contribution in [-0.2, 0) is 0 Å². The van der Waals surface area contributed by atoms with Crippen LogP contribution in [0.4, 0.5) is 22.0 Å². The molecule has 0 heterocycles. The third-order valence-electron chi connectivity index (χ3n) is 3.92. The van der Waals surface area contributed by atoms with Crippen molar-refractivity contribution in [1.82, 2.24) is 0 Å². The number of unbranched alkanes of at least 4 members (excludes halogenated alkanes) is 2. The summed E-state index contributed by atoms with van der Waals surface area (Å²) >= 11 is 0. The first-order valence-corrected chi connectivity index (χ1v) is 9.85. The zero-order valence-corrected chi connectivity index (χ0v) is 17.4. The Morgan fingerprint density at radius 1 is 0.800 bits per heavy atom. The third kappa shape index (κ3) is 26.0. The molecule has 0 aromatic rings. The molecule has 1 saturated carbocycles. The minimum atomic E-state index is -2.42. The summed E-state index contributed by atoms with van der Waals surface area (Å²) in [7, 11) is 0. The normalized spacial score (nSPS) is 13.8. The van der Waals surface area contributed by atoms with Crippen LogP contribution in [0.25, 0.3) is 0 Å². The molecule has 0 N–H and O–H groups in total. The van der Waals surface area contributed by atoms with Gasteiger partial charge in [-0.3, -0.25) is 0 Å². The molecule has 0 amide bonds. The Bertz CT molecular complexity index is 242. The molecular weight excluding hydrogens is 335 g/mol. The van der Waals surface area contributed by atoms with E-state index in [-0.39, 0.29) is 18.8 Å². The van der Waals surface area contributed by atoms with Crippen molar-refractivity contribution in [2.45, 2.75) is 124 Å². The van der Waals surface area contributed by atoms with Crippen molar-refractivity contribution in [3.05, 3.63) is 0 Å². The lowest BCUT2D eigenvalue weighted by atomic mass is 10.2. The Balaban J connectivity index is -0.000000261. The molecule has 0 aromatic heterocycles. The van der Waals surface area contributed by atoms with Gasteiger partial charge in [0, 0.05) is 18.8 Å². The molecule has 0 spiro atoms. The fourth-order valence-corrected chi connectivity index (χ4v) is 1.48. The van der Waals surface area contributed by atoms with E-state index in [0.29, 0.717) is 12.8 Å². The van der Waals surface area contributed by atoms with Crippen LogP contribution < -0.4 is 0 Å². The van der Waals surface area contributed by atoms with Gasteiger partial charge in [-0.2, -0.15) is 0 Å². The molecule has 0 unspecified atom stereocenters. The first-order valence-electron chi connectivity index (χ1n) is 9.85. The van der Waals surface area contributed by atoms with Crippen molar-refractivity contribution in [2.24, 2.45) is 5.92 Å². The van der Waals surface area contributed by atoms with Crippen molar-refractivity contribution in [3.8, 4) is 0 Å². The molecule has 0 atom stereocenters. The van der Waals surface area contributed by atoms with Crippen LogP contribution >= 0.6 is 0 Å². The highest BCUT2D eigenvalue weighted by Gasteiger charge is 2.41. The van der Waals surface area contributed by atoms with Gasteiger partial charge in [0.2, 0.25) is 11.8 Å². The Kier molecular flexibility index (Phi) is 20.1. The van der Waals surface area contributed by atoms with Gasteiger partial charge < -0.3 is 0 Å². The lowest BCUT2D eigenvalue weighted by Gasteiger charge is -2.08. The molecule has 1 fully saturated rings. The molecule has 25 heavy (non-hydrogen) atoms. The minimum absolute atomic E-state index is 0.0382. The molecule has 1 aliphatic carbocycles. The predicted molar refractivity (Wildman–Crippen MR) is 99.6 cm³/mol. The average Bonchev–Trinajstić information content (AvgIpc) is 3.41. The smallest absolute Gasteiger partial charge is 0.248 e. The maximum absolute atomic E-state index is 11.9. The molecule has 1 aliphatic rings. The van der Waals surface area contributed by atoms with Crippen molar-refractivity contribution in [2.75, 3.05) is 0 Å². The Morgan fingerprint density at radius 3 is 1.16 bits per heavy atom. The van der Waals surface area contributed by atoms with Crippen LogP contribution in [0, 0.1) is 5.92 Å². The molecule has 0 bridgehead atoms. The summed E-state index contributed by atoms with van der Waals surface area (Å²) in [6, 6.07) is 0. The summed E-state index contributed by atoms with van der Waals surface area (Å²) in [4.78, 5) is 0. The van der Waals surface area contributed by atoms with Gasteiger partial charge in [0.05, 0.1) is 6.17 Å². The summed E-state index contributed by atoms with van der Waals surface area (Å²) in [5.41, 5.74) is 0. The zero-order chi connectivity index (χ0) is 20.5. The van der Waals surface area contributed by atoms with Crippen LogP contribution in [-0.4, -0.2) is 18.0 Å². The number of hydrogen-bond donors (Lipinski definition) is 0. The van der Waals surface area contributed by atoms with Crippen molar-refractivity contribution in [1.29, 1.82) is 0 Å². The second kappa shape index (κ2) is 17.1. The van der Waals surface area contributed by atoms with Gasteiger partial charge in [-0.05, 0) is 32.6 Å². The molecule has 0 nitrogen and oxygen atoms in total. The Labute approximate surface area is 153 Å². The molecule has 0 aromatic carbocycles. The Morgan fingerprint density at radius 2 is 1.16 bits per heavy atom. The van der Waals surface area contributed by atoms with Gasteiger partial charge in [-0.15, -0.1) is 0 Å². The highest BCUT2D eigenvalue weighted by Crippen LogP contribution is 2.42. The summed E-state index contributed by atoms with van der Waals surface area (Å²) < 4.78 is 59.4. The van der Waals surface area contributed by atoms with Gasteiger partial charge in [-0.1, -0.05) is 60.8 Å². The highest BCUT2D eigenvalue weighted by molar-refractivity contribution is 4.83. The quantitative estimate of drug-likeness (QED) is 0.389.